The maximum Gasteiger partial charge on any atom is 0.233 e. The van der Waals surface area contributed by atoms with E-state index in [-0.39, 0.29) is 12.4 Å². The molecule has 17 heavy (non-hydrogen) atoms. The number of halogens is 2. The average Bonchev–Trinajstić information content (AvgIpc) is 2.33. The highest BCUT2D eigenvalue weighted by atomic mass is 35.5. The molecule has 1 atom stereocenters. The van der Waals surface area contributed by atoms with Gasteiger partial charge in [0.05, 0.1) is 6.61 Å². The minimum Gasteiger partial charge on any atom is -0.477 e. The van der Waals surface area contributed by atoms with Gasteiger partial charge >= 0.3 is 0 Å². The molecular formula is C11H17Cl2N3O. The molecule has 0 aliphatic carbocycles. The van der Waals surface area contributed by atoms with Crippen molar-refractivity contribution in [2.24, 2.45) is 5.92 Å². The lowest BCUT2D eigenvalue weighted by atomic mass is 9.97. The van der Waals surface area contributed by atoms with Crippen LogP contribution in [0.2, 0.25) is 5.15 Å². The minimum atomic E-state index is 0. The van der Waals surface area contributed by atoms with E-state index in [1.807, 2.05) is 0 Å². The molecule has 0 saturated carbocycles. The van der Waals surface area contributed by atoms with Crippen LogP contribution in [0.5, 0.6) is 5.88 Å². The highest BCUT2D eigenvalue weighted by Crippen LogP contribution is 2.15. The summed E-state index contributed by atoms with van der Waals surface area (Å²) in [5.74, 6) is 1.28. The Kier molecular flexibility index (Phi) is 6.55. The number of piperidine rings is 1. The second-order valence-corrected chi connectivity index (χ2v) is 4.43. The fourth-order valence-corrected chi connectivity index (χ4v) is 1.98. The smallest absolute Gasteiger partial charge is 0.233 e. The first-order valence-electron chi connectivity index (χ1n) is 5.67. The first kappa shape index (κ1) is 14.5. The second-order valence-electron chi connectivity index (χ2n) is 4.04. The Morgan fingerprint density at radius 2 is 2.29 bits per heavy atom. The van der Waals surface area contributed by atoms with Crippen molar-refractivity contribution in [3.8, 4) is 5.88 Å². The van der Waals surface area contributed by atoms with Gasteiger partial charge < -0.3 is 10.1 Å². The van der Waals surface area contributed by atoms with Crippen LogP contribution in [0.15, 0.2) is 12.1 Å². The zero-order valence-electron chi connectivity index (χ0n) is 9.56. The first-order valence-corrected chi connectivity index (χ1v) is 6.05. The number of hydrogen-bond donors (Lipinski definition) is 1. The summed E-state index contributed by atoms with van der Waals surface area (Å²) in [7, 11) is 0. The van der Waals surface area contributed by atoms with E-state index in [9.17, 15) is 0 Å². The zero-order chi connectivity index (χ0) is 11.2. The summed E-state index contributed by atoms with van der Waals surface area (Å²) in [4.78, 5) is 0. The molecule has 0 radical (unpaired) electrons. The van der Waals surface area contributed by atoms with E-state index in [0.29, 0.717) is 17.6 Å². The molecule has 4 nitrogen and oxygen atoms in total. The lowest BCUT2D eigenvalue weighted by molar-refractivity contribution is 0.245. The quantitative estimate of drug-likeness (QED) is 0.918. The lowest BCUT2D eigenvalue weighted by Gasteiger charge is -2.22. The van der Waals surface area contributed by atoms with Crippen LogP contribution in [0.4, 0.5) is 0 Å². The van der Waals surface area contributed by atoms with Gasteiger partial charge in [-0.2, -0.15) is 0 Å². The third kappa shape index (κ3) is 5.06. The van der Waals surface area contributed by atoms with Crippen LogP contribution in [-0.2, 0) is 0 Å². The van der Waals surface area contributed by atoms with Gasteiger partial charge in [0.1, 0.15) is 0 Å². The van der Waals surface area contributed by atoms with Gasteiger partial charge in [-0.15, -0.1) is 22.6 Å². The maximum atomic E-state index is 5.63. The van der Waals surface area contributed by atoms with E-state index in [1.54, 1.807) is 12.1 Å². The molecule has 2 heterocycles. The average molecular weight is 278 g/mol. The van der Waals surface area contributed by atoms with Crippen LogP contribution in [0.3, 0.4) is 0 Å². The molecule has 1 unspecified atom stereocenters. The number of nitrogens with one attached hydrogen (secondary N) is 1. The van der Waals surface area contributed by atoms with Crippen molar-refractivity contribution in [3.63, 3.8) is 0 Å². The molecule has 6 heteroatoms. The maximum absolute atomic E-state index is 5.63. The van der Waals surface area contributed by atoms with Crippen LogP contribution >= 0.6 is 24.0 Å². The van der Waals surface area contributed by atoms with Gasteiger partial charge in [0.15, 0.2) is 5.15 Å². The van der Waals surface area contributed by atoms with Crippen molar-refractivity contribution < 1.29 is 4.74 Å². The van der Waals surface area contributed by atoms with Crippen LogP contribution in [0, 0.1) is 5.92 Å². The molecule has 1 N–H and O–H groups in total. The summed E-state index contributed by atoms with van der Waals surface area (Å²) < 4.78 is 5.50. The normalized spacial score (nSPS) is 19.5. The molecule has 1 fully saturated rings. The van der Waals surface area contributed by atoms with Crippen molar-refractivity contribution in [1.29, 1.82) is 0 Å². The van der Waals surface area contributed by atoms with Crippen LogP contribution in [-0.4, -0.2) is 29.9 Å². The molecule has 1 saturated heterocycles. The second kappa shape index (κ2) is 7.69. The van der Waals surface area contributed by atoms with E-state index < -0.39 is 0 Å². The van der Waals surface area contributed by atoms with Crippen molar-refractivity contribution in [1.82, 2.24) is 15.5 Å². The minimum absolute atomic E-state index is 0. The summed E-state index contributed by atoms with van der Waals surface area (Å²) >= 11 is 5.63. The lowest BCUT2D eigenvalue weighted by Crippen LogP contribution is -2.30. The van der Waals surface area contributed by atoms with Crippen LogP contribution < -0.4 is 10.1 Å². The Morgan fingerprint density at radius 1 is 1.41 bits per heavy atom. The summed E-state index contributed by atoms with van der Waals surface area (Å²) in [5, 5.41) is 11.3. The number of rotatable bonds is 4. The highest BCUT2D eigenvalue weighted by molar-refractivity contribution is 6.29. The summed E-state index contributed by atoms with van der Waals surface area (Å²) in [6.07, 6.45) is 3.63. The van der Waals surface area contributed by atoms with Crippen molar-refractivity contribution >= 4 is 24.0 Å². The molecule has 0 spiro atoms. The summed E-state index contributed by atoms with van der Waals surface area (Å²) in [6.45, 7) is 2.96. The Morgan fingerprint density at radius 3 is 2.94 bits per heavy atom. The van der Waals surface area contributed by atoms with Crippen molar-refractivity contribution in [2.45, 2.75) is 19.3 Å². The monoisotopic (exact) mass is 277 g/mol. The Hall–Kier alpha value is -0.580. The Bertz CT molecular complexity index is 315. The predicted octanol–water partition coefficient (Wildman–Crippen LogP) is 2.32. The molecule has 1 aromatic rings. The fourth-order valence-electron chi connectivity index (χ4n) is 1.88. The van der Waals surface area contributed by atoms with Gasteiger partial charge in [0.25, 0.3) is 0 Å². The first-order chi connectivity index (χ1) is 7.84. The summed E-state index contributed by atoms with van der Waals surface area (Å²) in [6, 6.07) is 3.43. The number of nitrogens with zero attached hydrogens (tertiary/aromatic N) is 2. The largest absolute Gasteiger partial charge is 0.477 e. The molecule has 2 rings (SSSR count). The molecule has 0 amide bonds. The molecule has 1 aliphatic heterocycles. The van der Waals surface area contributed by atoms with E-state index in [4.69, 9.17) is 16.3 Å². The van der Waals surface area contributed by atoms with E-state index >= 15 is 0 Å². The molecular weight excluding hydrogens is 261 g/mol. The SMILES string of the molecule is Cl.Clc1ccc(OCCC2CCCNC2)nn1. The molecule has 96 valence electrons. The van der Waals surface area contributed by atoms with Gasteiger partial charge in [-0.25, -0.2) is 0 Å². The van der Waals surface area contributed by atoms with E-state index in [0.717, 1.165) is 25.4 Å². The zero-order valence-corrected chi connectivity index (χ0v) is 11.1. The fraction of sp³-hybridized carbons (Fsp3) is 0.636. The molecule has 0 bridgehead atoms. The standard InChI is InChI=1S/C11H16ClN3O.ClH/c12-10-3-4-11(15-14-10)16-7-5-9-2-1-6-13-8-9;/h3-4,9,13H,1-2,5-8H2;1H. The number of ether oxygens (including phenoxy) is 1. The van der Waals surface area contributed by atoms with Gasteiger partial charge in [0, 0.05) is 6.07 Å². The van der Waals surface area contributed by atoms with Crippen molar-refractivity contribution in [3.05, 3.63) is 17.3 Å². The van der Waals surface area contributed by atoms with Gasteiger partial charge in [-0.1, -0.05) is 11.6 Å². The van der Waals surface area contributed by atoms with Gasteiger partial charge in [-0.3, -0.25) is 0 Å². The summed E-state index contributed by atoms with van der Waals surface area (Å²) in [5.41, 5.74) is 0. The Labute approximate surface area is 113 Å². The van der Waals surface area contributed by atoms with E-state index in [1.165, 1.54) is 12.8 Å². The predicted molar refractivity (Wildman–Crippen MR) is 70.0 cm³/mol. The van der Waals surface area contributed by atoms with Gasteiger partial charge in [-0.05, 0) is 44.3 Å². The number of hydrogen-bond acceptors (Lipinski definition) is 4. The van der Waals surface area contributed by atoms with E-state index in [2.05, 4.69) is 15.5 Å². The van der Waals surface area contributed by atoms with Crippen LogP contribution in [0.1, 0.15) is 19.3 Å². The third-order valence-electron chi connectivity index (χ3n) is 2.78. The highest BCUT2D eigenvalue weighted by Gasteiger charge is 2.12. The molecule has 0 aromatic carbocycles. The topological polar surface area (TPSA) is 47.0 Å². The third-order valence-corrected chi connectivity index (χ3v) is 2.98. The Balaban J connectivity index is 0.00000144. The van der Waals surface area contributed by atoms with Crippen LogP contribution in [0.25, 0.3) is 0 Å². The van der Waals surface area contributed by atoms with Crippen molar-refractivity contribution in [2.75, 3.05) is 19.7 Å². The number of aromatic nitrogens is 2. The molecule has 1 aliphatic rings. The van der Waals surface area contributed by atoms with Gasteiger partial charge in [0.2, 0.25) is 5.88 Å². The molecule has 1 aromatic heterocycles.